The first-order chi connectivity index (χ1) is 15.7. The van der Waals surface area contributed by atoms with E-state index >= 15 is 0 Å². The minimum atomic E-state index is -0.687. The number of carbonyl (C=O) groups excluding carboxylic acids is 4. The maximum atomic E-state index is 13.4. The summed E-state index contributed by atoms with van der Waals surface area (Å²) in [5, 5.41) is 3.39. The zero-order chi connectivity index (χ0) is 24.1. The van der Waals surface area contributed by atoms with Gasteiger partial charge in [0, 0.05) is 30.6 Å². The van der Waals surface area contributed by atoms with Crippen LogP contribution in [0.4, 0.5) is 0 Å². The van der Waals surface area contributed by atoms with Crippen molar-refractivity contribution in [1.29, 1.82) is 0 Å². The zero-order valence-electron chi connectivity index (χ0n) is 19.4. The molecule has 7 nitrogen and oxygen atoms in total. The fraction of sp³-hybridized carbons (Fsp3) is 0.520. The van der Waals surface area contributed by atoms with E-state index in [2.05, 4.69) is 5.32 Å². The molecule has 0 radical (unpaired) electrons. The third kappa shape index (κ3) is 5.64. The van der Waals surface area contributed by atoms with Crippen molar-refractivity contribution in [2.24, 2.45) is 11.8 Å². The van der Waals surface area contributed by atoms with Crippen molar-refractivity contribution in [3.8, 4) is 0 Å². The van der Waals surface area contributed by atoms with Gasteiger partial charge in [0.1, 0.15) is 6.04 Å². The summed E-state index contributed by atoms with van der Waals surface area (Å²) in [7, 11) is 0. The van der Waals surface area contributed by atoms with E-state index in [1.54, 1.807) is 12.1 Å². The summed E-state index contributed by atoms with van der Waals surface area (Å²) in [6, 6.07) is 6.44. The molecule has 1 N–H and O–H groups in total. The summed E-state index contributed by atoms with van der Waals surface area (Å²) in [6.45, 7) is 5.76. The minimum absolute atomic E-state index is 0.0186. The molecule has 0 aromatic heterocycles. The lowest BCUT2D eigenvalue weighted by Crippen LogP contribution is -2.51. The summed E-state index contributed by atoms with van der Waals surface area (Å²) in [4.78, 5) is 54.5. The monoisotopic (exact) mass is 473 g/mol. The minimum Gasteiger partial charge on any atom is -0.352 e. The average Bonchev–Trinajstić information content (AvgIpc) is 3.02. The molecule has 3 atom stereocenters. The largest absolute Gasteiger partial charge is 0.352 e. The third-order valence-electron chi connectivity index (χ3n) is 6.26. The number of allylic oxidation sites excluding steroid dienone is 2. The summed E-state index contributed by atoms with van der Waals surface area (Å²) < 4.78 is 0. The smallest absolute Gasteiger partial charge is 0.243 e. The Balaban J connectivity index is 1.77. The van der Waals surface area contributed by atoms with E-state index in [1.807, 2.05) is 45.1 Å². The highest BCUT2D eigenvalue weighted by Gasteiger charge is 2.47. The summed E-state index contributed by atoms with van der Waals surface area (Å²) in [5.41, 5.74) is 0.730. The maximum Gasteiger partial charge on any atom is 0.243 e. The van der Waals surface area contributed by atoms with Crippen LogP contribution >= 0.6 is 11.6 Å². The molecular weight excluding hydrogens is 442 g/mol. The molecule has 0 bridgehead atoms. The topological polar surface area (TPSA) is 86.8 Å². The molecule has 1 saturated heterocycles. The van der Waals surface area contributed by atoms with E-state index in [0.717, 1.165) is 5.56 Å². The van der Waals surface area contributed by atoms with Crippen LogP contribution in [0.5, 0.6) is 0 Å². The van der Waals surface area contributed by atoms with Gasteiger partial charge < -0.3 is 10.2 Å². The van der Waals surface area contributed by atoms with Crippen LogP contribution in [0.2, 0.25) is 5.02 Å². The highest BCUT2D eigenvalue weighted by Crippen LogP contribution is 2.35. The highest BCUT2D eigenvalue weighted by atomic mass is 35.5. The van der Waals surface area contributed by atoms with Crippen molar-refractivity contribution in [2.75, 3.05) is 6.54 Å². The molecule has 1 heterocycles. The van der Waals surface area contributed by atoms with Crippen molar-refractivity contribution in [3.63, 3.8) is 0 Å². The van der Waals surface area contributed by atoms with Crippen LogP contribution in [0.25, 0.3) is 0 Å². The van der Waals surface area contributed by atoms with Gasteiger partial charge in [-0.15, -0.1) is 0 Å². The lowest BCUT2D eigenvalue weighted by Gasteiger charge is -2.32. The van der Waals surface area contributed by atoms with Gasteiger partial charge in [-0.25, -0.2) is 0 Å². The molecule has 3 rings (SSSR count). The summed E-state index contributed by atoms with van der Waals surface area (Å²) >= 11 is 6.33. The van der Waals surface area contributed by atoms with Crippen molar-refractivity contribution < 1.29 is 19.2 Å². The van der Waals surface area contributed by atoms with E-state index in [4.69, 9.17) is 11.6 Å². The van der Waals surface area contributed by atoms with Gasteiger partial charge >= 0.3 is 0 Å². The molecule has 2 aliphatic rings. The molecule has 0 saturated carbocycles. The van der Waals surface area contributed by atoms with Gasteiger partial charge in [-0.05, 0) is 44.7 Å². The van der Waals surface area contributed by atoms with Crippen molar-refractivity contribution in [3.05, 3.63) is 47.0 Å². The number of halogens is 1. The normalized spacial score (nSPS) is 20.7. The number of likely N-dealkylation sites (tertiary alicyclic amines) is 1. The number of rotatable bonds is 9. The number of hydrogen-bond acceptors (Lipinski definition) is 4. The Hall–Kier alpha value is -2.67. The first-order valence-electron chi connectivity index (χ1n) is 11.6. The second-order valence-electron chi connectivity index (χ2n) is 8.93. The van der Waals surface area contributed by atoms with Gasteiger partial charge in [-0.2, -0.15) is 0 Å². The predicted octanol–water partition coefficient (Wildman–Crippen LogP) is 3.31. The van der Waals surface area contributed by atoms with Crippen LogP contribution < -0.4 is 5.32 Å². The van der Waals surface area contributed by atoms with Crippen LogP contribution in [-0.4, -0.2) is 52.1 Å². The average molecular weight is 474 g/mol. The number of nitrogens with one attached hydrogen (secondary N) is 1. The Morgan fingerprint density at radius 3 is 2.27 bits per heavy atom. The van der Waals surface area contributed by atoms with Crippen molar-refractivity contribution >= 4 is 35.2 Å². The lowest BCUT2D eigenvalue weighted by molar-refractivity contribution is -0.144. The van der Waals surface area contributed by atoms with Crippen molar-refractivity contribution in [1.82, 2.24) is 15.1 Å². The molecule has 1 fully saturated rings. The van der Waals surface area contributed by atoms with E-state index in [1.165, 1.54) is 9.80 Å². The zero-order valence-corrected chi connectivity index (χ0v) is 20.2. The predicted molar refractivity (Wildman–Crippen MR) is 126 cm³/mol. The number of imide groups is 1. The Kier molecular flexibility index (Phi) is 8.30. The Bertz CT molecular complexity index is 919. The molecule has 1 aliphatic carbocycles. The van der Waals surface area contributed by atoms with E-state index in [0.29, 0.717) is 24.3 Å². The van der Waals surface area contributed by atoms with Gasteiger partial charge in [0.2, 0.25) is 23.6 Å². The highest BCUT2D eigenvalue weighted by molar-refractivity contribution is 6.31. The first-order valence-corrected chi connectivity index (χ1v) is 12.0. The lowest BCUT2D eigenvalue weighted by atomic mass is 9.85. The van der Waals surface area contributed by atoms with Gasteiger partial charge in [-0.3, -0.25) is 24.1 Å². The number of hydrogen-bond donors (Lipinski definition) is 1. The van der Waals surface area contributed by atoms with Crippen LogP contribution in [0.15, 0.2) is 36.4 Å². The molecule has 8 heteroatoms. The molecule has 1 aliphatic heterocycles. The van der Waals surface area contributed by atoms with E-state index < -0.39 is 6.04 Å². The van der Waals surface area contributed by atoms with E-state index in [9.17, 15) is 19.2 Å². The molecular formula is C25H32ClN3O4. The molecule has 33 heavy (non-hydrogen) atoms. The third-order valence-corrected chi connectivity index (χ3v) is 6.63. The quantitative estimate of drug-likeness (QED) is 0.440. The van der Waals surface area contributed by atoms with Crippen LogP contribution in [0.1, 0.15) is 52.0 Å². The van der Waals surface area contributed by atoms with Crippen LogP contribution in [0.3, 0.4) is 0 Å². The Morgan fingerprint density at radius 2 is 1.73 bits per heavy atom. The second kappa shape index (κ2) is 11.0. The number of carbonyl (C=O) groups is 4. The molecule has 4 amide bonds. The van der Waals surface area contributed by atoms with E-state index in [-0.39, 0.29) is 61.0 Å². The molecule has 1 unspecified atom stereocenters. The first kappa shape index (κ1) is 25.0. The number of fused-ring (bicyclic) bond motifs is 1. The summed E-state index contributed by atoms with van der Waals surface area (Å²) in [6.07, 6.45) is 5.38. The van der Waals surface area contributed by atoms with Crippen LogP contribution in [-0.2, 0) is 25.7 Å². The van der Waals surface area contributed by atoms with Gasteiger partial charge in [0.05, 0.1) is 11.8 Å². The number of nitrogens with zero attached hydrogens (tertiary/aromatic N) is 2. The standard InChI is InChI=1S/C25H32ClN3O4/c1-4-21(23(31)27-16(2)3)29(15-17-9-5-8-12-20(17)26)22(30)13-14-28-24(32)18-10-6-7-11-19(18)25(28)33/h5-9,12,16,18-19,21H,4,10-11,13-15H2,1-3H3,(H,27,31)/t18-,19+,21?. The van der Waals surface area contributed by atoms with Crippen molar-refractivity contribution in [2.45, 2.75) is 65.1 Å². The molecule has 178 valence electrons. The second-order valence-corrected chi connectivity index (χ2v) is 9.34. The molecule has 1 aromatic rings. The van der Waals surface area contributed by atoms with Gasteiger partial charge in [0.25, 0.3) is 0 Å². The number of amides is 4. The fourth-order valence-corrected chi connectivity index (χ4v) is 4.75. The number of benzene rings is 1. The van der Waals surface area contributed by atoms with Gasteiger partial charge in [-0.1, -0.05) is 48.9 Å². The maximum absolute atomic E-state index is 13.4. The Labute approximate surface area is 200 Å². The molecule has 0 spiro atoms. The SMILES string of the molecule is CCC(C(=O)NC(C)C)N(Cc1ccccc1Cl)C(=O)CCN1C(=O)[C@H]2CC=CC[C@H]2C1=O. The fourth-order valence-electron chi connectivity index (χ4n) is 4.55. The van der Waals surface area contributed by atoms with Crippen LogP contribution in [0, 0.1) is 11.8 Å². The Morgan fingerprint density at radius 1 is 1.12 bits per heavy atom. The van der Waals surface area contributed by atoms with Gasteiger partial charge in [0.15, 0.2) is 0 Å². The molecule has 1 aromatic carbocycles. The summed E-state index contributed by atoms with van der Waals surface area (Å²) in [5.74, 6) is -1.59.